The quantitative estimate of drug-likeness (QED) is 0.293. The van der Waals surface area contributed by atoms with E-state index in [4.69, 9.17) is 0 Å². The summed E-state index contributed by atoms with van der Waals surface area (Å²) in [5, 5.41) is -0.213. The summed E-state index contributed by atoms with van der Waals surface area (Å²) in [5.41, 5.74) is 2.01. The zero-order valence-electron chi connectivity index (χ0n) is 18.3. The van der Waals surface area contributed by atoms with Gasteiger partial charge in [-0.2, -0.15) is 0 Å². The SMILES string of the molecule is BC(C)C(C)(C)c1ccc(N2C(=O)CC(SCCCCCCCC)C2=O)cc1. The van der Waals surface area contributed by atoms with Crippen LogP contribution in [0.25, 0.3) is 0 Å². The second-order valence-electron chi connectivity index (χ2n) is 8.82. The minimum Gasteiger partial charge on any atom is -0.274 e. The van der Waals surface area contributed by atoms with E-state index in [1.54, 1.807) is 11.8 Å². The molecule has 0 spiro atoms. The number of unbranched alkanes of at least 4 members (excludes halogenated alkanes) is 5. The predicted molar refractivity (Wildman–Crippen MR) is 124 cm³/mol. The van der Waals surface area contributed by atoms with E-state index in [1.165, 1.54) is 42.6 Å². The zero-order valence-corrected chi connectivity index (χ0v) is 19.1. The van der Waals surface area contributed by atoms with Crippen molar-refractivity contribution in [2.45, 2.75) is 89.1 Å². The number of carbonyl (C=O) groups excluding carboxylic acids is 2. The molecule has 2 unspecified atom stereocenters. The van der Waals surface area contributed by atoms with Gasteiger partial charge in [-0.1, -0.05) is 77.7 Å². The van der Waals surface area contributed by atoms with Gasteiger partial charge in [-0.25, -0.2) is 4.90 Å². The Hall–Kier alpha value is -1.23. The maximum Gasteiger partial charge on any atom is 0.247 e. The summed E-state index contributed by atoms with van der Waals surface area (Å²) in [6, 6.07) is 7.98. The van der Waals surface area contributed by atoms with Crippen LogP contribution in [-0.2, 0) is 15.0 Å². The van der Waals surface area contributed by atoms with Gasteiger partial charge in [0.1, 0.15) is 7.85 Å². The molecule has 5 heteroatoms. The van der Waals surface area contributed by atoms with Gasteiger partial charge in [0.05, 0.1) is 10.9 Å². The van der Waals surface area contributed by atoms with Crippen molar-refractivity contribution in [1.82, 2.24) is 0 Å². The Labute approximate surface area is 176 Å². The zero-order chi connectivity index (χ0) is 20.7. The average molecular weight is 401 g/mol. The van der Waals surface area contributed by atoms with Crippen molar-refractivity contribution in [3.05, 3.63) is 29.8 Å². The van der Waals surface area contributed by atoms with Crippen LogP contribution >= 0.6 is 11.8 Å². The van der Waals surface area contributed by atoms with Crippen molar-refractivity contribution < 1.29 is 9.59 Å². The minimum absolute atomic E-state index is 0.0446. The van der Waals surface area contributed by atoms with Crippen molar-refractivity contribution in [2.24, 2.45) is 0 Å². The van der Waals surface area contributed by atoms with Gasteiger partial charge >= 0.3 is 0 Å². The Kier molecular flexibility index (Phi) is 8.67. The molecule has 0 radical (unpaired) electrons. The second kappa shape index (κ2) is 10.5. The number of hydrogen-bond donors (Lipinski definition) is 0. The van der Waals surface area contributed by atoms with Gasteiger partial charge < -0.3 is 0 Å². The molecule has 1 aliphatic heterocycles. The van der Waals surface area contributed by atoms with Crippen LogP contribution < -0.4 is 4.90 Å². The van der Waals surface area contributed by atoms with Crippen molar-refractivity contribution in [1.29, 1.82) is 0 Å². The molecule has 1 saturated heterocycles. The first-order valence-electron chi connectivity index (χ1n) is 10.9. The minimum atomic E-state index is -0.213. The second-order valence-corrected chi connectivity index (χ2v) is 10.1. The highest BCUT2D eigenvalue weighted by molar-refractivity contribution is 8.00. The lowest BCUT2D eigenvalue weighted by atomic mass is 9.65. The summed E-state index contributed by atoms with van der Waals surface area (Å²) in [5.74, 6) is 1.36. The van der Waals surface area contributed by atoms with Gasteiger partial charge in [-0.3, -0.25) is 9.59 Å². The molecule has 2 atom stereocenters. The molecule has 1 aromatic carbocycles. The summed E-state index contributed by atoms with van der Waals surface area (Å²) >= 11 is 1.66. The van der Waals surface area contributed by atoms with E-state index in [9.17, 15) is 9.59 Å². The van der Waals surface area contributed by atoms with Crippen molar-refractivity contribution >= 4 is 37.1 Å². The Morgan fingerprint density at radius 3 is 2.32 bits per heavy atom. The van der Waals surface area contributed by atoms with Crippen molar-refractivity contribution in [2.75, 3.05) is 10.7 Å². The van der Waals surface area contributed by atoms with E-state index in [0.29, 0.717) is 17.9 Å². The molecule has 2 amide bonds. The van der Waals surface area contributed by atoms with E-state index < -0.39 is 0 Å². The van der Waals surface area contributed by atoms with Crippen LogP contribution in [0.2, 0.25) is 5.82 Å². The van der Waals surface area contributed by atoms with Crippen LogP contribution in [-0.4, -0.2) is 30.7 Å². The molecule has 2 rings (SSSR count). The maximum absolute atomic E-state index is 12.8. The molecule has 1 aromatic rings. The molecule has 0 saturated carbocycles. The molecule has 154 valence electrons. The lowest BCUT2D eigenvalue weighted by Crippen LogP contribution is -2.31. The largest absolute Gasteiger partial charge is 0.274 e. The van der Waals surface area contributed by atoms with Crippen LogP contribution in [0.1, 0.15) is 78.2 Å². The van der Waals surface area contributed by atoms with Crippen molar-refractivity contribution in [3.63, 3.8) is 0 Å². The highest BCUT2D eigenvalue weighted by Crippen LogP contribution is 2.36. The number of rotatable bonds is 11. The number of nitrogens with zero attached hydrogens (tertiary/aromatic N) is 1. The first-order valence-corrected chi connectivity index (χ1v) is 11.9. The maximum atomic E-state index is 12.8. The standard InChI is InChI=1S/C23H36BNO2S/c1-5-6-7-8-9-10-15-28-20-16-21(26)25(22(20)27)19-13-11-18(12-14-19)23(3,4)17(2)24/h11-14,17,20H,5-10,15-16,24H2,1-4H3. The third kappa shape index (κ3) is 5.65. The molecule has 28 heavy (non-hydrogen) atoms. The number of anilines is 1. The van der Waals surface area contributed by atoms with Crippen LogP contribution in [0.4, 0.5) is 5.69 Å². The highest BCUT2D eigenvalue weighted by Gasteiger charge is 2.39. The fourth-order valence-electron chi connectivity index (χ4n) is 3.49. The van der Waals surface area contributed by atoms with Gasteiger partial charge in [-0.15, -0.1) is 11.8 Å². The van der Waals surface area contributed by atoms with Gasteiger partial charge in [0.25, 0.3) is 0 Å². The number of amides is 2. The van der Waals surface area contributed by atoms with E-state index in [0.717, 1.165) is 12.2 Å². The summed E-state index contributed by atoms with van der Waals surface area (Å²) < 4.78 is 0. The van der Waals surface area contributed by atoms with E-state index in [-0.39, 0.29) is 22.5 Å². The van der Waals surface area contributed by atoms with Crippen LogP contribution in [0.5, 0.6) is 0 Å². The molecular formula is C23H36BNO2S. The van der Waals surface area contributed by atoms with Gasteiger partial charge in [-0.05, 0) is 35.3 Å². The Balaban J connectivity index is 1.91. The topological polar surface area (TPSA) is 37.4 Å². The van der Waals surface area contributed by atoms with Crippen LogP contribution in [0.3, 0.4) is 0 Å². The molecule has 0 N–H and O–H groups in total. The molecule has 1 aliphatic rings. The van der Waals surface area contributed by atoms with Gasteiger partial charge in [0, 0.05) is 6.42 Å². The third-order valence-corrected chi connectivity index (χ3v) is 7.53. The smallest absolute Gasteiger partial charge is 0.247 e. The number of benzene rings is 1. The fourth-order valence-corrected chi connectivity index (χ4v) is 4.65. The predicted octanol–water partition coefficient (Wildman–Crippen LogP) is 5.13. The summed E-state index contributed by atoms with van der Waals surface area (Å²) in [4.78, 5) is 26.7. The molecule has 0 bridgehead atoms. The number of carbonyl (C=O) groups is 2. The Morgan fingerprint density at radius 1 is 1.11 bits per heavy atom. The highest BCUT2D eigenvalue weighted by atomic mass is 32.2. The van der Waals surface area contributed by atoms with Crippen LogP contribution in [0, 0.1) is 0 Å². The third-order valence-electron chi connectivity index (χ3n) is 6.24. The lowest BCUT2D eigenvalue weighted by molar-refractivity contribution is -0.121. The first-order chi connectivity index (χ1) is 13.3. The Morgan fingerprint density at radius 2 is 1.71 bits per heavy atom. The van der Waals surface area contributed by atoms with E-state index >= 15 is 0 Å². The van der Waals surface area contributed by atoms with E-state index in [1.807, 2.05) is 12.1 Å². The summed E-state index contributed by atoms with van der Waals surface area (Å²) in [7, 11) is 2.22. The summed E-state index contributed by atoms with van der Waals surface area (Å²) in [6.45, 7) is 8.90. The monoisotopic (exact) mass is 401 g/mol. The van der Waals surface area contributed by atoms with Gasteiger partial charge in [0.15, 0.2) is 0 Å². The Bertz CT molecular complexity index is 657. The molecule has 3 nitrogen and oxygen atoms in total. The molecule has 0 aromatic heterocycles. The van der Waals surface area contributed by atoms with Crippen molar-refractivity contribution in [3.8, 4) is 0 Å². The summed E-state index contributed by atoms with van der Waals surface area (Å²) in [6.07, 6.45) is 7.84. The average Bonchev–Trinajstić information content (AvgIpc) is 2.94. The number of thioether (sulfide) groups is 1. The molecule has 1 heterocycles. The normalized spacial score (nSPS) is 18.7. The molecule has 0 aliphatic carbocycles. The van der Waals surface area contributed by atoms with Crippen LogP contribution in [0.15, 0.2) is 24.3 Å². The molecular weight excluding hydrogens is 365 g/mol. The number of hydrogen-bond acceptors (Lipinski definition) is 3. The van der Waals surface area contributed by atoms with Gasteiger partial charge in [0.2, 0.25) is 11.8 Å². The lowest BCUT2D eigenvalue weighted by Gasteiger charge is -2.30. The van der Waals surface area contributed by atoms with E-state index in [2.05, 4.69) is 47.7 Å². The fraction of sp³-hybridized carbons (Fsp3) is 0.652. The number of imide groups is 1. The first kappa shape index (κ1) is 23.1. The molecule has 1 fully saturated rings.